The second-order valence-electron chi connectivity index (χ2n) is 5.30. The first-order chi connectivity index (χ1) is 9.74. The minimum absolute atomic E-state index is 0.464. The molecule has 1 aliphatic rings. The molecule has 0 saturated carbocycles. The minimum Gasteiger partial charge on any atom is -0.352 e. The molecule has 2 aromatic rings. The highest BCUT2D eigenvalue weighted by molar-refractivity contribution is 6.31. The summed E-state index contributed by atoms with van der Waals surface area (Å²) in [7, 11) is 0. The Balaban J connectivity index is 1.81. The summed E-state index contributed by atoms with van der Waals surface area (Å²) in [6, 6.07) is 8.56. The average molecular weight is 288 g/mol. The predicted octanol–water partition coefficient (Wildman–Crippen LogP) is 3.65. The van der Waals surface area contributed by atoms with Crippen LogP contribution in [0.5, 0.6) is 0 Å². The maximum Gasteiger partial charge on any atom is 0.147 e. The van der Waals surface area contributed by atoms with Gasteiger partial charge in [0.25, 0.3) is 0 Å². The molecule has 0 spiro atoms. The van der Waals surface area contributed by atoms with E-state index in [0.29, 0.717) is 6.04 Å². The van der Waals surface area contributed by atoms with Crippen LogP contribution in [-0.2, 0) is 6.42 Å². The second-order valence-corrected chi connectivity index (χ2v) is 5.71. The van der Waals surface area contributed by atoms with Crippen molar-refractivity contribution in [3.63, 3.8) is 0 Å². The van der Waals surface area contributed by atoms with Gasteiger partial charge in [-0.2, -0.15) is 0 Å². The zero-order chi connectivity index (χ0) is 13.9. The largest absolute Gasteiger partial charge is 0.352 e. The van der Waals surface area contributed by atoms with Gasteiger partial charge in [0.15, 0.2) is 0 Å². The van der Waals surface area contributed by atoms with Gasteiger partial charge in [-0.15, -0.1) is 0 Å². The van der Waals surface area contributed by atoms with Gasteiger partial charge in [-0.1, -0.05) is 29.8 Å². The average Bonchev–Trinajstić information content (AvgIpc) is 2.90. The number of benzene rings is 1. The van der Waals surface area contributed by atoms with Crippen LogP contribution in [0, 0.1) is 6.92 Å². The van der Waals surface area contributed by atoms with Crippen LogP contribution in [0.15, 0.2) is 36.7 Å². The highest BCUT2D eigenvalue weighted by atomic mass is 35.5. The lowest BCUT2D eigenvalue weighted by Crippen LogP contribution is -2.32. The maximum atomic E-state index is 6.28. The van der Waals surface area contributed by atoms with Gasteiger partial charge in [-0.25, -0.2) is 4.98 Å². The maximum absolute atomic E-state index is 6.28. The summed E-state index contributed by atoms with van der Waals surface area (Å²) >= 11 is 6.28. The van der Waals surface area contributed by atoms with Crippen molar-refractivity contribution in [2.24, 2.45) is 0 Å². The molecule has 4 heteroatoms. The van der Waals surface area contributed by atoms with Crippen LogP contribution in [-0.4, -0.2) is 22.6 Å². The smallest absolute Gasteiger partial charge is 0.147 e. The molecule has 1 atom stereocenters. The molecule has 0 aliphatic carbocycles. The molecule has 0 radical (unpaired) electrons. The summed E-state index contributed by atoms with van der Waals surface area (Å²) in [6.45, 7) is 3.03. The van der Waals surface area contributed by atoms with Crippen LogP contribution in [0.4, 0.5) is 5.82 Å². The highest BCUT2D eigenvalue weighted by Crippen LogP contribution is 2.28. The van der Waals surface area contributed by atoms with E-state index in [-0.39, 0.29) is 0 Å². The summed E-state index contributed by atoms with van der Waals surface area (Å²) in [5, 5.41) is 0.856. The van der Waals surface area contributed by atoms with Gasteiger partial charge in [0, 0.05) is 23.8 Å². The van der Waals surface area contributed by atoms with Crippen molar-refractivity contribution in [2.45, 2.75) is 32.2 Å². The molecule has 1 fully saturated rings. The van der Waals surface area contributed by atoms with Crippen LogP contribution in [0.3, 0.4) is 0 Å². The van der Waals surface area contributed by atoms with E-state index in [0.717, 1.165) is 29.5 Å². The summed E-state index contributed by atoms with van der Waals surface area (Å²) in [5.41, 5.74) is 2.18. The van der Waals surface area contributed by atoms with E-state index in [1.807, 2.05) is 31.3 Å². The van der Waals surface area contributed by atoms with Gasteiger partial charge in [0.2, 0.25) is 0 Å². The van der Waals surface area contributed by atoms with Gasteiger partial charge in [-0.3, -0.25) is 4.98 Å². The van der Waals surface area contributed by atoms with Gasteiger partial charge in [0.1, 0.15) is 5.82 Å². The number of halogens is 1. The molecule has 3 nitrogen and oxygen atoms in total. The molecule has 1 aromatic carbocycles. The van der Waals surface area contributed by atoms with E-state index < -0.39 is 0 Å². The van der Waals surface area contributed by atoms with E-state index in [1.165, 1.54) is 18.4 Å². The SMILES string of the molecule is Cc1cncc(N2CCCC2Cc2ccccc2Cl)n1. The molecular formula is C16H18ClN3. The lowest BCUT2D eigenvalue weighted by atomic mass is 10.0. The first-order valence-corrected chi connectivity index (χ1v) is 7.40. The fraction of sp³-hybridized carbons (Fsp3) is 0.375. The Kier molecular flexibility index (Phi) is 3.88. The first-order valence-electron chi connectivity index (χ1n) is 7.03. The number of hydrogen-bond acceptors (Lipinski definition) is 3. The Morgan fingerprint density at radius 2 is 2.15 bits per heavy atom. The molecule has 1 aliphatic heterocycles. The third-order valence-corrected chi connectivity index (χ3v) is 4.20. The fourth-order valence-corrected chi connectivity index (χ4v) is 3.07. The van der Waals surface area contributed by atoms with Gasteiger partial charge in [0.05, 0.1) is 11.9 Å². The molecule has 0 amide bonds. The van der Waals surface area contributed by atoms with E-state index >= 15 is 0 Å². The van der Waals surface area contributed by atoms with Crippen LogP contribution in [0.2, 0.25) is 5.02 Å². The molecule has 20 heavy (non-hydrogen) atoms. The van der Waals surface area contributed by atoms with Crippen molar-refractivity contribution in [3.8, 4) is 0 Å². The highest BCUT2D eigenvalue weighted by Gasteiger charge is 2.26. The van der Waals surface area contributed by atoms with Crippen molar-refractivity contribution < 1.29 is 0 Å². The van der Waals surface area contributed by atoms with Crippen LogP contribution in [0.1, 0.15) is 24.1 Å². The number of aromatic nitrogens is 2. The Labute approximate surface area is 124 Å². The van der Waals surface area contributed by atoms with Crippen molar-refractivity contribution in [1.82, 2.24) is 9.97 Å². The molecule has 0 N–H and O–H groups in total. The number of rotatable bonds is 3. The van der Waals surface area contributed by atoms with Crippen molar-refractivity contribution in [2.75, 3.05) is 11.4 Å². The zero-order valence-corrected chi connectivity index (χ0v) is 12.3. The Hall–Kier alpha value is -1.61. The normalized spacial score (nSPS) is 18.5. The van der Waals surface area contributed by atoms with Crippen molar-refractivity contribution in [3.05, 3.63) is 52.9 Å². The molecule has 104 valence electrons. The summed E-state index contributed by atoms with van der Waals surface area (Å²) in [5.74, 6) is 0.986. The van der Waals surface area contributed by atoms with Crippen molar-refractivity contribution >= 4 is 17.4 Å². The number of anilines is 1. The standard InChI is InChI=1S/C16H18ClN3/c1-12-10-18-11-16(19-12)20-8-4-6-14(20)9-13-5-2-3-7-15(13)17/h2-3,5,7,10-11,14H,4,6,8-9H2,1H3. The number of hydrogen-bond donors (Lipinski definition) is 0. The lowest BCUT2D eigenvalue weighted by Gasteiger charge is -2.26. The van der Waals surface area contributed by atoms with E-state index in [4.69, 9.17) is 11.6 Å². The van der Waals surface area contributed by atoms with Crippen LogP contribution < -0.4 is 4.90 Å². The zero-order valence-electron chi connectivity index (χ0n) is 11.6. The number of nitrogens with zero attached hydrogens (tertiary/aromatic N) is 3. The van der Waals surface area contributed by atoms with Crippen LogP contribution in [0.25, 0.3) is 0 Å². The molecule has 1 saturated heterocycles. The van der Waals surface area contributed by atoms with Crippen LogP contribution >= 0.6 is 11.6 Å². The van der Waals surface area contributed by atoms with E-state index in [2.05, 4.69) is 20.9 Å². The predicted molar refractivity (Wildman–Crippen MR) is 82.3 cm³/mol. The van der Waals surface area contributed by atoms with Gasteiger partial charge in [-0.05, 0) is 37.8 Å². The molecule has 1 aromatic heterocycles. The monoisotopic (exact) mass is 287 g/mol. The Bertz CT molecular complexity index is 600. The Morgan fingerprint density at radius 3 is 2.95 bits per heavy atom. The molecule has 2 heterocycles. The quantitative estimate of drug-likeness (QED) is 0.863. The van der Waals surface area contributed by atoms with Gasteiger partial charge >= 0.3 is 0 Å². The summed E-state index contributed by atoms with van der Waals surface area (Å²) in [6.07, 6.45) is 7.00. The topological polar surface area (TPSA) is 29.0 Å². The minimum atomic E-state index is 0.464. The van der Waals surface area contributed by atoms with E-state index in [9.17, 15) is 0 Å². The molecule has 1 unspecified atom stereocenters. The first kappa shape index (κ1) is 13.4. The fourth-order valence-electron chi connectivity index (χ4n) is 2.86. The molecule has 0 bridgehead atoms. The van der Waals surface area contributed by atoms with Crippen molar-refractivity contribution in [1.29, 1.82) is 0 Å². The number of aryl methyl sites for hydroxylation is 1. The summed E-state index contributed by atoms with van der Waals surface area (Å²) < 4.78 is 0. The Morgan fingerprint density at radius 1 is 1.30 bits per heavy atom. The lowest BCUT2D eigenvalue weighted by molar-refractivity contribution is 0.656. The molecular weight excluding hydrogens is 270 g/mol. The third-order valence-electron chi connectivity index (χ3n) is 3.83. The van der Waals surface area contributed by atoms with Gasteiger partial charge < -0.3 is 4.90 Å². The molecule has 3 rings (SSSR count). The summed E-state index contributed by atoms with van der Waals surface area (Å²) in [4.78, 5) is 11.2. The third kappa shape index (κ3) is 2.78. The second kappa shape index (κ2) is 5.80. The van der Waals surface area contributed by atoms with E-state index in [1.54, 1.807) is 6.20 Å².